The predicted octanol–water partition coefficient (Wildman–Crippen LogP) is 9.09. The highest BCUT2D eigenvalue weighted by atomic mass is 16.6. The normalized spacial score (nSPS) is 13.3. The molecule has 244 valence electrons. The first kappa shape index (κ1) is 40.1. The number of hydrogen-bond donors (Lipinski definition) is 2. The fourth-order valence-corrected chi connectivity index (χ4v) is 4.68. The van der Waals surface area contributed by atoms with Crippen LogP contribution in [0.5, 0.6) is 0 Å². The molecule has 0 saturated carbocycles. The second-order valence-corrected chi connectivity index (χ2v) is 11.4. The first-order valence-corrected chi connectivity index (χ1v) is 17.2. The highest BCUT2D eigenvalue weighted by Crippen LogP contribution is 2.13. The van der Waals surface area contributed by atoms with E-state index in [0.29, 0.717) is 12.8 Å². The van der Waals surface area contributed by atoms with Crippen LogP contribution in [0.2, 0.25) is 0 Å². The second-order valence-electron chi connectivity index (χ2n) is 11.4. The molecule has 0 aliphatic rings. The van der Waals surface area contributed by atoms with Gasteiger partial charge in [-0.2, -0.15) is 0 Å². The molecule has 0 aromatic rings. The van der Waals surface area contributed by atoms with Crippen molar-refractivity contribution in [1.82, 2.24) is 0 Å². The molecule has 2 atom stereocenters. The summed E-state index contributed by atoms with van der Waals surface area (Å²) >= 11 is 0. The van der Waals surface area contributed by atoms with Gasteiger partial charge in [0.05, 0.1) is 12.7 Å². The van der Waals surface area contributed by atoms with Crippen molar-refractivity contribution < 1.29 is 29.3 Å². The molecule has 0 aliphatic heterocycles. The fourth-order valence-electron chi connectivity index (χ4n) is 4.68. The zero-order valence-corrected chi connectivity index (χ0v) is 27.1. The van der Waals surface area contributed by atoms with Gasteiger partial charge in [0.15, 0.2) is 6.10 Å². The lowest BCUT2D eigenvalue weighted by Gasteiger charge is -2.15. The summed E-state index contributed by atoms with van der Waals surface area (Å²) in [4.78, 5) is 24.1. The number of carbonyl (C=O) groups excluding carboxylic acids is 2. The van der Waals surface area contributed by atoms with E-state index in [-0.39, 0.29) is 25.2 Å². The minimum atomic E-state index is -0.798. The summed E-state index contributed by atoms with van der Waals surface area (Å²) in [6.45, 7) is 3.90. The molecule has 0 rings (SSSR count). The molecule has 1 unspecified atom stereocenters. The van der Waals surface area contributed by atoms with Crippen molar-refractivity contribution in [1.29, 1.82) is 0 Å². The van der Waals surface area contributed by atoms with Gasteiger partial charge in [-0.15, -0.1) is 0 Å². The lowest BCUT2D eigenvalue weighted by Crippen LogP contribution is -2.28. The van der Waals surface area contributed by atoms with E-state index in [2.05, 4.69) is 32.1 Å². The van der Waals surface area contributed by atoms with Crippen molar-refractivity contribution in [3.8, 4) is 0 Å². The summed E-state index contributed by atoms with van der Waals surface area (Å²) in [5.41, 5.74) is 0. The minimum absolute atomic E-state index is 0.102. The van der Waals surface area contributed by atoms with Gasteiger partial charge in [-0.05, 0) is 32.1 Å². The molecule has 2 N–H and O–H groups in total. The van der Waals surface area contributed by atoms with Gasteiger partial charge in [0.25, 0.3) is 0 Å². The molecule has 6 heteroatoms. The number of aliphatic hydroxyl groups excluding tert-OH is 2. The molecular weight excluding hydrogens is 528 g/mol. The van der Waals surface area contributed by atoms with Gasteiger partial charge >= 0.3 is 11.9 Å². The Bertz CT molecular complexity index is 699. The monoisotopic (exact) mass is 592 g/mol. The molecule has 42 heavy (non-hydrogen) atoms. The van der Waals surface area contributed by atoms with Crippen LogP contribution >= 0.6 is 0 Å². The van der Waals surface area contributed by atoms with Crippen LogP contribution in [0.4, 0.5) is 0 Å². The topological polar surface area (TPSA) is 93.1 Å². The van der Waals surface area contributed by atoms with Crippen LogP contribution < -0.4 is 0 Å². The van der Waals surface area contributed by atoms with Crippen LogP contribution in [0, 0.1) is 0 Å². The van der Waals surface area contributed by atoms with Crippen molar-refractivity contribution in [3.63, 3.8) is 0 Å². The number of ether oxygens (including phenoxy) is 2. The largest absolute Gasteiger partial charge is 0.462 e. The van der Waals surface area contributed by atoms with Gasteiger partial charge in [-0.25, -0.2) is 0 Å². The standard InChI is InChI=1S/C36H64O6/c1-3-5-7-9-11-12-13-14-15-17-21-26-30-36(40)42-34(31-37)32-41-35(39)29-25-22-18-20-24-28-33(38)27-23-19-16-10-8-6-4-2/h6,8,16,19,23,27,33-34,37-38H,3-5,7,9-15,17-18,20-22,24-26,28-32H2,1-2H3/b8-6+,19-16+,27-23+/t33?,34-/m0/s1. The van der Waals surface area contributed by atoms with Gasteiger partial charge in [0.2, 0.25) is 0 Å². The Morgan fingerprint density at radius 2 is 1.21 bits per heavy atom. The predicted molar refractivity (Wildman–Crippen MR) is 174 cm³/mol. The second kappa shape index (κ2) is 32.0. The van der Waals surface area contributed by atoms with E-state index in [1.54, 1.807) is 0 Å². The number of allylic oxidation sites excluding steroid dienone is 5. The third-order valence-corrected chi connectivity index (χ3v) is 7.30. The number of unbranched alkanes of at least 4 members (excludes halogenated alkanes) is 15. The molecule has 0 radical (unpaired) electrons. The van der Waals surface area contributed by atoms with E-state index >= 15 is 0 Å². The molecule has 0 saturated heterocycles. The molecule has 0 aromatic carbocycles. The Morgan fingerprint density at radius 1 is 0.667 bits per heavy atom. The summed E-state index contributed by atoms with van der Waals surface area (Å²) in [7, 11) is 0. The van der Waals surface area contributed by atoms with Crippen molar-refractivity contribution in [2.75, 3.05) is 13.2 Å². The quantitative estimate of drug-likeness (QED) is 0.0374. The zero-order valence-electron chi connectivity index (χ0n) is 27.1. The van der Waals surface area contributed by atoms with Crippen molar-refractivity contribution in [2.24, 2.45) is 0 Å². The van der Waals surface area contributed by atoms with Crippen LogP contribution in [0.25, 0.3) is 0 Å². The molecule has 0 fully saturated rings. The summed E-state index contributed by atoms with van der Waals surface area (Å²) in [5, 5.41) is 19.5. The average molecular weight is 593 g/mol. The maximum Gasteiger partial charge on any atom is 0.306 e. The summed E-state index contributed by atoms with van der Waals surface area (Å²) < 4.78 is 10.5. The molecular formula is C36H64O6. The number of carbonyl (C=O) groups is 2. The zero-order chi connectivity index (χ0) is 30.9. The molecule has 0 bridgehead atoms. The van der Waals surface area contributed by atoms with Gasteiger partial charge in [0, 0.05) is 12.8 Å². The SMILES string of the molecule is CC/C=C/C/C=C/C=C/C(O)CCCCCCCC(=O)OC[C@H](CO)OC(=O)CCCCCCCCCCCCCC. The van der Waals surface area contributed by atoms with Gasteiger partial charge < -0.3 is 19.7 Å². The first-order valence-electron chi connectivity index (χ1n) is 17.2. The lowest BCUT2D eigenvalue weighted by atomic mass is 10.0. The van der Waals surface area contributed by atoms with E-state index in [0.717, 1.165) is 70.6 Å². The summed E-state index contributed by atoms with van der Waals surface area (Å²) in [6, 6.07) is 0. The highest BCUT2D eigenvalue weighted by molar-refractivity contribution is 5.70. The fraction of sp³-hybridized carbons (Fsp3) is 0.778. The molecule has 0 aliphatic carbocycles. The lowest BCUT2D eigenvalue weighted by molar-refractivity contribution is -0.161. The highest BCUT2D eigenvalue weighted by Gasteiger charge is 2.16. The maximum absolute atomic E-state index is 12.1. The van der Waals surface area contributed by atoms with E-state index < -0.39 is 12.2 Å². The van der Waals surface area contributed by atoms with Crippen LogP contribution in [-0.2, 0) is 19.1 Å². The number of rotatable bonds is 30. The van der Waals surface area contributed by atoms with Crippen LogP contribution in [-0.4, -0.2) is 47.6 Å². The van der Waals surface area contributed by atoms with Crippen LogP contribution in [0.3, 0.4) is 0 Å². The average Bonchev–Trinajstić information content (AvgIpc) is 2.98. The van der Waals surface area contributed by atoms with Crippen LogP contribution in [0.1, 0.15) is 155 Å². The Hall–Kier alpha value is -1.92. The Labute approximate surface area is 258 Å². The van der Waals surface area contributed by atoms with Crippen molar-refractivity contribution >= 4 is 11.9 Å². The number of esters is 2. The van der Waals surface area contributed by atoms with Gasteiger partial charge in [-0.3, -0.25) is 9.59 Å². The molecule has 0 heterocycles. The first-order chi connectivity index (χ1) is 20.5. The maximum atomic E-state index is 12.1. The summed E-state index contributed by atoms with van der Waals surface area (Å²) in [6.07, 6.45) is 33.6. The van der Waals surface area contributed by atoms with E-state index in [9.17, 15) is 19.8 Å². The number of aliphatic hydroxyl groups is 2. The smallest absolute Gasteiger partial charge is 0.306 e. The van der Waals surface area contributed by atoms with Gasteiger partial charge in [0.1, 0.15) is 6.61 Å². The van der Waals surface area contributed by atoms with Crippen molar-refractivity contribution in [3.05, 3.63) is 36.5 Å². The summed E-state index contributed by atoms with van der Waals surface area (Å²) in [5.74, 6) is -0.668. The van der Waals surface area contributed by atoms with Crippen LogP contribution in [0.15, 0.2) is 36.5 Å². The van der Waals surface area contributed by atoms with Crippen molar-refractivity contribution in [2.45, 2.75) is 167 Å². The van der Waals surface area contributed by atoms with E-state index in [4.69, 9.17) is 9.47 Å². The van der Waals surface area contributed by atoms with Gasteiger partial charge in [-0.1, -0.05) is 147 Å². The Morgan fingerprint density at radius 3 is 1.79 bits per heavy atom. The Balaban J connectivity index is 3.68. The van der Waals surface area contributed by atoms with E-state index in [1.165, 1.54) is 57.8 Å². The minimum Gasteiger partial charge on any atom is -0.462 e. The molecule has 6 nitrogen and oxygen atoms in total. The molecule has 0 amide bonds. The number of hydrogen-bond acceptors (Lipinski definition) is 6. The third kappa shape index (κ3) is 29.6. The van der Waals surface area contributed by atoms with E-state index in [1.807, 2.05) is 18.2 Å². The Kier molecular flexibility index (Phi) is 30.5. The third-order valence-electron chi connectivity index (χ3n) is 7.30. The molecule has 0 aromatic heterocycles. The molecule has 0 spiro atoms.